The minimum Gasteiger partial charge on any atom is -0.497 e. The Balaban J connectivity index is 1.64. The number of anilines is 1. The highest BCUT2D eigenvalue weighted by atomic mass is 16.5. The van der Waals surface area contributed by atoms with Crippen molar-refractivity contribution in [1.82, 2.24) is 20.0 Å². The summed E-state index contributed by atoms with van der Waals surface area (Å²) in [5, 5.41) is 3.98. The van der Waals surface area contributed by atoms with E-state index in [0.717, 1.165) is 53.2 Å². The first-order chi connectivity index (χ1) is 15.9. The molecular weight excluding hydrogens is 418 g/mol. The molecule has 174 valence electrons. The number of rotatable bonds is 6. The molecule has 0 saturated carbocycles. The van der Waals surface area contributed by atoms with E-state index in [4.69, 9.17) is 14.2 Å². The molecule has 1 atom stereocenters. The van der Waals surface area contributed by atoms with Gasteiger partial charge in [0.2, 0.25) is 11.9 Å². The first-order valence-corrected chi connectivity index (χ1v) is 11.3. The third kappa shape index (κ3) is 4.84. The van der Waals surface area contributed by atoms with Crippen LogP contribution in [0.25, 0.3) is 11.1 Å². The smallest absolute Gasteiger partial charge is 0.227 e. The normalized spacial score (nSPS) is 16.0. The first-order valence-electron chi connectivity index (χ1n) is 11.3. The number of ether oxygens (including phenoxy) is 1. The van der Waals surface area contributed by atoms with Crippen molar-refractivity contribution in [1.29, 1.82) is 0 Å². The number of hydrogen-bond acceptors (Lipinski definition) is 7. The van der Waals surface area contributed by atoms with Crippen LogP contribution in [0.1, 0.15) is 41.5 Å². The van der Waals surface area contributed by atoms with Crippen molar-refractivity contribution < 1.29 is 14.1 Å². The van der Waals surface area contributed by atoms with Gasteiger partial charge in [-0.2, -0.15) is 0 Å². The Morgan fingerprint density at radius 1 is 1.30 bits per heavy atom. The van der Waals surface area contributed by atoms with Gasteiger partial charge < -0.3 is 19.1 Å². The third-order valence-corrected chi connectivity index (χ3v) is 6.26. The van der Waals surface area contributed by atoms with Crippen LogP contribution in [-0.4, -0.2) is 60.2 Å². The molecule has 0 unspecified atom stereocenters. The average molecular weight is 450 g/mol. The summed E-state index contributed by atoms with van der Waals surface area (Å²) in [5.41, 5.74) is 4.62. The van der Waals surface area contributed by atoms with Crippen LogP contribution in [0.2, 0.25) is 0 Å². The zero-order valence-corrected chi connectivity index (χ0v) is 20.0. The van der Waals surface area contributed by atoms with E-state index < -0.39 is 0 Å². The van der Waals surface area contributed by atoms with Gasteiger partial charge in [-0.1, -0.05) is 17.3 Å². The van der Waals surface area contributed by atoms with Crippen molar-refractivity contribution >= 4 is 11.9 Å². The maximum absolute atomic E-state index is 13.2. The maximum Gasteiger partial charge on any atom is 0.227 e. The van der Waals surface area contributed by atoms with Crippen LogP contribution in [-0.2, 0) is 11.2 Å². The third-order valence-electron chi connectivity index (χ3n) is 6.26. The number of carbonyl (C=O) groups excluding carboxylic acids is 1. The number of carbonyl (C=O) groups is 1. The molecule has 3 aromatic rings. The average Bonchev–Trinajstić information content (AvgIpc) is 3.15. The zero-order chi connectivity index (χ0) is 23.5. The van der Waals surface area contributed by atoms with E-state index in [1.54, 1.807) is 7.11 Å². The Labute approximate surface area is 194 Å². The molecule has 1 saturated heterocycles. The van der Waals surface area contributed by atoms with Crippen molar-refractivity contribution in [2.45, 2.75) is 39.0 Å². The Morgan fingerprint density at radius 3 is 2.82 bits per heavy atom. The highest BCUT2D eigenvalue weighted by Crippen LogP contribution is 2.35. The lowest BCUT2D eigenvalue weighted by Gasteiger charge is -2.33. The second-order valence-electron chi connectivity index (χ2n) is 8.75. The molecule has 0 bridgehead atoms. The lowest BCUT2D eigenvalue weighted by atomic mass is 9.89. The molecule has 2 aromatic heterocycles. The fourth-order valence-corrected chi connectivity index (χ4v) is 4.37. The molecule has 0 radical (unpaired) electrons. The number of methoxy groups -OCH3 is 1. The van der Waals surface area contributed by atoms with Crippen molar-refractivity contribution in [2.75, 3.05) is 39.2 Å². The molecule has 0 spiro atoms. The molecule has 1 fully saturated rings. The summed E-state index contributed by atoms with van der Waals surface area (Å²) in [7, 11) is 5.53. The standard InChI is InChI=1S/C25H31N5O3/c1-16-21(17(2)33-28-16)13-23(31)30-11-7-9-19(15-30)24-22(14-26-25(27-24)29(3)4)18-8-6-10-20(12-18)32-5/h6,8,10,12,14,19H,7,9,11,13,15H2,1-5H3/t19-/m1/s1. The van der Waals surface area contributed by atoms with E-state index in [0.29, 0.717) is 24.7 Å². The lowest BCUT2D eigenvalue weighted by molar-refractivity contribution is -0.131. The van der Waals surface area contributed by atoms with Gasteiger partial charge in [-0.3, -0.25) is 4.79 Å². The molecule has 8 heteroatoms. The first kappa shape index (κ1) is 22.8. The number of aryl methyl sites for hydroxylation is 2. The highest BCUT2D eigenvalue weighted by molar-refractivity contribution is 5.79. The molecule has 1 aliphatic rings. The minimum atomic E-state index is 0.0962. The summed E-state index contributed by atoms with van der Waals surface area (Å²) in [6.45, 7) is 5.11. The van der Waals surface area contributed by atoms with Gasteiger partial charge in [0.05, 0.1) is 24.9 Å². The van der Waals surface area contributed by atoms with Gasteiger partial charge in [0.15, 0.2) is 0 Å². The molecule has 8 nitrogen and oxygen atoms in total. The van der Waals surface area contributed by atoms with E-state index in [1.807, 2.05) is 68.2 Å². The van der Waals surface area contributed by atoms with Crippen molar-refractivity contribution in [3.63, 3.8) is 0 Å². The summed E-state index contributed by atoms with van der Waals surface area (Å²) in [4.78, 5) is 26.5. The van der Waals surface area contributed by atoms with Crippen molar-refractivity contribution in [3.05, 3.63) is 53.2 Å². The van der Waals surface area contributed by atoms with Crippen LogP contribution in [0.3, 0.4) is 0 Å². The molecule has 1 amide bonds. The summed E-state index contributed by atoms with van der Waals surface area (Å²) in [5.74, 6) is 2.38. The van der Waals surface area contributed by atoms with E-state index in [2.05, 4.69) is 10.1 Å². The van der Waals surface area contributed by atoms with Crippen molar-refractivity contribution in [3.8, 4) is 16.9 Å². The number of piperidine rings is 1. The van der Waals surface area contributed by atoms with E-state index >= 15 is 0 Å². The molecule has 1 aromatic carbocycles. The summed E-state index contributed by atoms with van der Waals surface area (Å²) < 4.78 is 10.7. The summed E-state index contributed by atoms with van der Waals surface area (Å²) in [6, 6.07) is 7.94. The van der Waals surface area contributed by atoms with Crippen molar-refractivity contribution in [2.24, 2.45) is 0 Å². The van der Waals surface area contributed by atoms with Crippen LogP contribution in [0.5, 0.6) is 5.75 Å². The number of aromatic nitrogens is 3. The van der Waals surface area contributed by atoms with Crippen LogP contribution in [0.4, 0.5) is 5.95 Å². The zero-order valence-electron chi connectivity index (χ0n) is 20.0. The van der Waals surface area contributed by atoms with Crippen LogP contribution < -0.4 is 9.64 Å². The minimum absolute atomic E-state index is 0.0962. The molecule has 4 rings (SSSR count). The fourth-order valence-electron chi connectivity index (χ4n) is 4.37. The lowest BCUT2D eigenvalue weighted by Crippen LogP contribution is -2.40. The molecule has 0 aliphatic carbocycles. The fraction of sp³-hybridized carbons (Fsp3) is 0.440. The van der Waals surface area contributed by atoms with E-state index in [1.165, 1.54) is 0 Å². The van der Waals surface area contributed by atoms with E-state index in [9.17, 15) is 4.79 Å². The predicted molar refractivity (Wildman–Crippen MR) is 127 cm³/mol. The molecule has 0 N–H and O–H groups in total. The highest BCUT2D eigenvalue weighted by Gasteiger charge is 2.29. The van der Waals surface area contributed by atoms with Crippen LogP contribution in [0, 0.1) is 13.8 Å². The Morgan fingerprint density at radius 2 is 2.12 bits per heavy atom. The van der Waals surface area contributed by atoms with Crippen LogP contribution in [0.15, 0.2) is 35.0 Å². The topological polar surface area (TPSA) is 84.6 Å². The number of amides is 1. The second kappa shape index (κ2) is 9.60. The molecule has 3 heterocycles. The Kier molecular flexibility index (Phi) is 6.62. The maximum atomic E-state index is 13.2. The van der Waals surface area contributed by atoms with Gasteiger partial charge in [0, 0.05) is 50.4 Å². The monoisotopic (exact) mass is 449 g/mol. The Hall–Kier alpha value is -3.42. The summed E-state index contributed by atoms with van der Waals surface area (Å²) >= 11 is 0. The van der Waals surface area contributed by atoms with Gasteiger partial charge in [-0.15, -0.1) is 0 Å². The van der Waals surface area contributed by atoms with Crippen LogP contribution >= 0.6 is 0 Å². The van der Waals surface area contributed by atoms with Gasteiger partial charge in [0.1, 0.15) is 11.5 Å². The molecule has 1 aliphatic heterocycles. The number of likely N-dealkylation sites (tertiary alicyclic amines) is 1. The summed E-state index contributed by atoms with van der Waals surface area (Å²) in [6.07, 6.45) is 4.09. The van der Waals surface area contributed by atoms with Gasteiger partial charge in [-0.05, 0) is 44.4 Å². The SMILES string of the molecule is COc1cccc(-c2cnc(N(C)C)nc2[C@@H]2CCCN(C(=O)Cc3c(C)noc3C)C2)c1. The molecule has 33 heavy (non-hydrogen) atoms. The number of nitrogens with zero attached hydrogens (tertiary/aromatic N) is 5. The molecular formula is C25H31N5O3. The number of benzene rings is 1. The quantitative estimate of drug-likeness (QED) is 0.566. The largest absolute Gasteiger partial charge is 0.497 e. The predicted octanol–water partition coefficient (Wildman–Crippen LogP) is 3.77. The van der Waals surface area contributed by atoms with Gasteiger partial charge >= 0.3 is 0 Å². The van der Waals surface area contributed by atoms with E-state index in [-0.39, 0.29) is 11.8 Å². The second-order valence-corrected chi connectivity index (χ2v) is 8.75. The van der Waals surface area contributed by atoms with Gasteiger partial charge in [-0.25, -0.2) is 9.97 Å². The van der Waals surface area contributed by atoms with Gasteiger partial charge in [0.25, 0.3) is 0 Å². The Bertz CT molecular complexity index is 1120. The number of hydrogen-bond donors (Lipinski definition) is 0.